The summed E-state index contributed by atoms with van der Waals surface area (Å²) in [4.78, 5) is 34.2. The Kier molecular flexibility index (Phi) is 1.88. The van der Waals surface area contributed by atoms with E-state index in [1.165, 1.54) is 18.2 Å². The molecule has 1 aromatic carbocycles. The number of carbonyl (C=O) groups is 2. The molecule has 2 aromatic rings. The molecule has 0 unspecified atom stereocenters. The number of fused-ring (bicyclic) bond motifs is 2. The highest BCUT2D eigenvalue weighted by Gasteiger charge is 2.37. The second-order valence-corrected chi connectivity index (χ2v) is 3.65. The van der Waals surface area contributed by atoms with Crippen LogP contribution in [-0.4, -0.2) is 31.9 Å². The number of carbonyl (C=O) groups excluding carboxylic acids is 2. The molecule has 0 radical (unpaired) electrons. The lowest BCUT2D eigenvalue weighted by molar-refractivity contribution is -0.385. The van der Waals surface area contributed by atoms with Crippen LogP contribution in [0.15, 0.2) is 18.2 Å². The van der Waals surface area contributed by atoms with Crippen LogP contribution in [0.3, 0.4) is 0 Å². The summed E-state index contributed by atoms with van der Waals surface area (Å²) in [5, 5.41) is 20.1. The number of nitro groups is 1. The summed E-state index contributed by atoms with van der Waals surface area (Å²) in [5.74, 6) is -1.19. The van der Waals surface area contributed by atoms with Gasteiger partial charge in [-0.2, -0.15) is 0 Å². The lowest BCUT2D eigenvalue weighted by atomic mass is 9.89. The number of nitrogens with one attached hydrogen (secondary N) is 1. The van der Waals surface area contributed by atoms with Gasteiger partial charge in [0.05, 0.1) is 4.92 Å². The predicted molar refractivity (Wildman–Crippen MR) is 56.3 cm³/mol. The molecule has 0 bridgehead atoms. The molecule has 88 valence electrons. The van der Waals surface area contributed by atoms with Crippen LogP contribution >= 0.6 is 0 Å². The van der Waals surface area contributed by atoms with Crippen molar-refractivity contribution < 1.29 is 14.5 Å². The maximum atomic E-state index is 12.1. The van der Waals surface area contributed by atoms with Crippen molar-refractivity contribution in [3.63, 3.8) is 0 Å². The van der Waals surface area contributed by atoms with Crippen LogP contribution in [0, 0.1) is 10.1 Å². The van der Waals surface area contributed by atoms with Gasteiger partial charge in [0.2, 0.25) is 11.6 Å². The van der Waals surface area contributed by atoms with E-state index in [9.17, 15) is 19.7 Å². The zero-order chi connectivity index (χ0) is 12.9. The molecule has 0 fully saturated rings. The highest BCUT2D eigenvalue weighted by atomic mass is 16.6. The summed E-state index contributed by atoms with van der Waals surface area (Å²) in [5.41, 5.74) is -0.851. The molecule has 0 aliphatic heterocycles. The van der Waals surface area contributed by atoms with E-state index in [-0.39, 0.29) is 22.5 Å². The maximum absolute atomic E-state index is 12.1. The molecule has 0 spiro atoms. The lowest BCUT2D eigenvalue weighted by Gasteiger charge is -2.11. The topological polar surface area (TPSA) is 119 Å². The molecule has 0 saturated heterocycles. The SMILES string of the molecule is O=C1c2cccc([N+](=O)[O-])c2C(=O)c2nn[nH]c21. The number of benzene rings is 1. The Morgan fingerprint density at radius 1 is 1.22 bits per heavy atom. The van der Waals surface area contributed by atoms with Crippen LogP contribution in [0.5, 0.6) is 0 Å². The summed E-state index contributed by atoms with van der Waals surface area (Å²) in [6.07, 6.45) is 0. The van der Waals surface area contributed by atoms with E-state index in [2.05, 4.69) is 15.4 Å². The van der Waals surface area contributed by atoms with Crippen molar-refractivity contribution in [3.8, 4) is 0 Å². The van der Waals surface area contributed by atoms with Gasteiger partial charge in [-0.1, -0.05) is 11.3 Å². The van der Waals surface area contributed by atoms with Gasteiger partial charge in [-0.05, 0) is 6.07 Å². The first kappa shape index (κ1) is 10.3. The molecule has 8 nitrogen and oxygen atoms in total. The quantitative estimate of drug-likeness (QED) is 0.491. The van der Waals surface area contributed by atoms with Gasteiger partial charge in [-0.3, -0.25) is 24.8 Å². The van der Waals surface area contributed by atoms with Gasteiger partial charge in [0.1, 0.15) is 11.3 Å². The Morgan fingerprint density at radius 2 is 2.00 bits per heavy atom. The number of aromatic nitrogens is 3. The van der Waals surface area contributed by atoms with Crippen LogP contribution in [0.25, 0.3) is 0 Å². The monoisotopic (exact) mass is 244 g/mol. The Morgan fingerprint density at radius 3 is 2.72 bits per heavy atom. The standard InChI is InChI=1S/C10H4N4O4/c15-9-4-2-1-3-5(14(17)18)6(4)10(16)8-7(9)11-13-12-8/h1-3H,(H,11,12,13). The first-order valence-electron chi connectivity index (χ1n) is 4.89. The highest BCUT2D eigenvalue weighted by molar-refractivity contribution is 6.28. The van der Waals surface area contributed by atoms with Crippen molar-refractivity contribution in [2.75, 3.05) is 0 Å². The van der Waals surface area contributed by atoms with Crippen molar-refractivity contribution >= 4 is 17.3 Å². The number of H-pyrrole nitrogens is 1. The number of aromatic amines is 1. The van der Waals surface area contributed by atoms with Gasteiger partial charge >= 0.3 is 0 Å². The molecule has 1 aliphatic carbocycles. The number of nitrogens with zero attached hydrogens (tertiary/aromatic N) is 3. The smallest absolute Gasteiger partial charge is 0.281 e. The van der Waals surface area contributed by atoms with Crippen molar-refractivity contribution in [2.45, 2.75) is 0 Å². The van der Waals surface area contributed by atoms with E-state index in [0.29, 0.717) is 0 Å². The minimum absolute atomic E-state index is 0.00671. The van der Waals surface area contributed by atoms with Gasteiger partial charge in [0, 0.05) is 11.6 Å². The van der Waals surface area contributed by atoms with Crippen LogP contribution < -0.4 is 0 Å². The minimum atomic E-state index is -0.699. The molecule has 1 aliphatic rings. The largest absolute Gasteiger partial charge is 0.287 e. The van der Waals surface area contributed by atoms with Crippen LogP contribution in [0.1, 0.15) is 32.1 Å². The summed E-state index contributed by atoms with van der Waals surface area (Å²) in [6, 6.07) is 3.90. The van der Waals surface area contributed by atoms with Gasteiger partial charge in [-0.25, -0.2) is 0 Å². The first-order valence-corrected chi connectivity index (χ1v) is 4.89. The van der Waals surface area contributed by atoms with Gasteiger partial charge < -0.3 is 0 Å². The van der Waals surface area contributed by atoms with Gasteiger partial charge in [0.25, 0.3) is 5.69 Å². The molecule has 3 rings (SSSR count). The average molecular weight is 244 g/mol. The van der Waals surface area contributed by atoms with E-state index in [0.717, 1.165) is 0 Å². The van der Waals surface area contributed by atoms with E-state index in [1.54, 1.807) is 0 Å². The number of ketones is 2. The van der Waals surface area contributed by atoms with Crippen molar-refractivity contribution in [1.29, 1.82) is 0 Å². The molecule has 0 amide bonds. The summed E-state index contributed by atoms with van der Waals surface area (Å²) >= 11 is 0. The molecule has 18 heavy (non-hydrogen) atoms. The molecule has 1 N–H and O–H groups in total. The van der Waals surface area contributed by atoms with Gasteiger partial charge in [-0.15, -0.1) is 5.10 Å². The Labute approximate surface area is 98.8 Å². The summed E-state index contributed by atoms with van der Waals surface area (Å²) in [6.45, 7) is 0. The normalized spacial score (nSPS) is 13.1. The Balaban J connectivity index is 2.37. The third-order valence-electron chi connectivity index (χ3n) is 2.70. The van der Waals surface area contributed by atoms with Crippen molar-refractivity contribution in [3.05, 3.63) is 50.8 Å². The number of hydrogen-bond donors (Lipinski definition) is 1. The fourth-order valence-corrected chi connectivity index (χ4v) is 1.92. The first-order chi connectivity index (χ1) is 8.61. The Bertz CT molecular complexity index is 718. The predicted octanol–water partition coefficient (Wildman–Crippen LogP) is 0.488. The highest BCUT2D eigenvalue weighted by Crippen LogP contribution is 2.30. The summed E-state index contributed by atoms with van der Waals surface area (Å²) in [7, 11) is 0. The number of rotatable bonds is 1. The second kappa shape index (κ2) is 3.29. The number of hydrogen-bond acceptors (Lipinski definition) is 6. The molecule has 8 heteroatoms. The molecule has 1 aromatic heterocycles. The molecule has 0 atom stereocenters. The van der Waals surface area contributed by atoms with Crippen molar-refractivity contribution in [2.24, 2.45) is 0 Å². The van der Waals surface area contributed by atoms with E-state index in [1.807, 2.05) is 0 Å². The second-order valence-electron chi connectivity index (χ2n) is 3.65. The van der Waals surface area contributed by atoms with Crippen molar-refractivity contribution in [1.82, 2.24) is 15.4 Å². The fraction of sp³-hybridized carbons (Fsp3) is 0. The van der Waals surface area contributed by atoms with E-state index >= 15 is 0 Å². The Hall–Kier alpha value is -2.90. The fourth-order valence-electron chi connectivity index (χ4n) is 1.92. The maximum Gasteiger partial charge on any atom is 0.281 e. The van der Waals surface area contributed by atoms with Gasteiger partial charge in [0.15, 0.2) is 5.69 Å². The number of nitro benzene ring substituents is 1. The zero-order valence-corrected chi connectivity index (χ0v) is 8.71. The third kappa shape index (κ3) is 1.14. The van der Waals surface area contributed by atoms with Crippen LogP contribution in [0.2, 0.25) is 0 Å². The average Bonchev–Trinajstić information content (AvgIpc) is 2.84. The molecular weight excluding hydrogens is 240 g/mol. The molecule has 1 heterocycles. The minimum Gasteiger partial charge on any atom is -0.287 e. The summed E-state index contributed by atoms with van der Waals surface area (Å²) < 4.78 is 0. The van der Waals surface area contributed by atoms with E-state index < -0.39 is 22.2 Å². The third-order valence-corrected chi connectivity index (χ3v) is 2.70. The molecule has 0 saturated carbocycles. The molecular formula is C10H4N4O4. The van der Waals surface area contributed by atoms with E-state index in [4.69, 9.17) is 0 Å². The lowest BCUT2D eigenvalue weighted by Crippen LogP contribution is -2.22. The van der Waals surface area contributed by atoms with Crippen LogP contribution in [0.4, 0.5) is 5.69 Å². The zero-order valence-electron chi connectivity index (χ0n) is 8.71. The van der Waals surface area contributed by atoms with Crippen LogP contribution in [-0.2, 0) is 0 Å².